The number of halogens is 3. The molecular weight excluding hydrogens is 253 g/mol. The molecule has 0 bridgehead atoms. The van der Waals surface area contributed by atoms with Gasteiger partial charge in [0.1, 0.15) is 11.5 Å². The Balaban J connectivity index is 2.21. The smallest absolute Gasteiger partial charge is 0.150 e. The number of hydrogen-bond acceptors (Lipinski definition) is 2. The maximum Gasteiger partial charge on any atom is 0.150 e. The highest BCUT2D eigenvalue weighted by molar-refractivity contribution is 5.50. The minimum absolute atomic E-state index is 0.0492. The first-order valence-corrected chi connectivity index (χ1v) is 5.48. The highest BCUT2D eigenvalue weighted by Crippen LogP contribution is 2.21. The van der Waals surface area contributed by atoms with Gasteiger partial charge >= 0.3 is 0 Å². The fourth-order valence-corrected chi connectivity index (χ4v) is 1.63. The zero-order valence-electron chi connectivity index (χ0n) is 9.75. The third kappa shape index (κ3) is 2.86. The van der Waals surface area contributed by atoms with Gasteiger partial charge in [0, 0.05) is 12.1 Å². The van der Waals surface area contributed by atoms with Crippen LogP contribution in [0.2, 0.25) is 0 Å². The summed E-state index contributed by atoms with van der Waals surface area (Å²) in [5, 5.41) is 11.1. The van der Waals surface area contributed by atoms with E-state index in [1.54, 1.807) is 12.1 Å². The Kier molecular flexibility index (Phi) is 3.71. The van der Waals surface area contributed by atoms with E-state index in [-0.39, 0.29) is 17.8 Å². The molecule has 0 aliphatic heterocycles. The van der Waals surface area contributed by atoms with Crippen LogP contribution in [-0.4, -0.2) is 0 Å². The van der Waals surface area contributed by atoms with Crippen LogP contribution in [0.4, 0.5) is 18.9 Å². The number of rotatable bonds is 3. The standard InChI is InChI=1S/C14H9F3N2/c15-11-4-2-1-3-10(11)8-19-14-12(16)5-9(7-18)6-13(14)17/h1-6,19H,8H2. The number of nitriles is 1. The summed E-state index contributed by atoms with van der Waals surface area (Å²) in [4.78, 5) is 0. The Morgan fingerprint density at radius 1 is 1.00 bits per heavy atom. The molecule has 0 aliphatic carbocycles. The molecule has 0 radical (unpaired) electrons. The molecule has 2 aromatic rings. The second kappa shape index (κ2) is 5.44. The van der Waals surface area contributed by atoms with Crippen LogP contribution in [0.5, 0.6) is 0 Å². The number of hydrogen-bond donors (Lipinski definition) is 1. The highest BCUT2D eigenvalue weighted by Gasteiger charge is 2.11. The highest BCUT2D eigenvalue weighted by atomic mass is 19.1. The summed E-state index contributed by atoms with van der Waals surface area (Å²) in [6.07, 6.45) is 0. The third-order valence-corrected chi connectivity index (χ3v) is 2.58. The van der Waals surface area contributed by atoms with Crippen molar-refractivity contribution in [1.82, 2.24) is 0 Å². The van der Waals surface area contributed by atoms with E-state index in [9.17, 15) is 13.2 Å². The van der Waals surface area contributed by atoms with E-state index < -0.39 is 17.5 Å². The minimum atomic E-state index is -0.882. The lowest BCUT2D eigenvalue weighted by Gasteiger charge is -2.09. The number of nitrogens with one attached hydrogen (secondary N) is 1. The molecule has 0 aliphatic rings. The molecule has 19 heavy (non-hydrogen) atoms. The Bertz CT molecular complexity index is 624. The lowest BCUT2D eigenvalue weighted by molar-refractivity contribution is 0.584. The summed E-state index contributed by atoms with van der Waals surface area (Å²) >= 11 is 0. The number of nitrogens with zero attached hydrogens (tertiary/aromatic N) is 1. The van der Waals surface area contributed by atoms with Gasteiger partial charge in [0.05, 0.1) is 11.6 Å². The Morgan fingerprint density at radius 3 is 2.21 bits per heavy atom. The van der Waals surface area contributed by atoms with Gasteiger partial charge in [-0.25, -0.2) is 13.2 Å². The van der Waals surface area contributed by atoms with Crippen molar-refractivity contribution >= 4 is 5.69 Å². The topological polar surface area (TPSA) is 35.8 Å². The summed E-state index contributed by atoms with van der Waals surface area (Å²) in [5.41, 5.74) is -0.181. The average Bonchev–Trinajstić information content (AvgIpc) is 2.39. The molecule has 0 saturated carbocycles. The van der Waals surface area contributed by atoms with Crippen LogP contribution in [0.3, 0.4) is 0 Å². The zero-order valence-corrected chi connectivity index (χ0v) is 9.75. The van der Waals surface area contributed by atoms with Crippen molar-refractivity contribution in [2.75, 3.05) is 5.32 Å². The first-order valence-electron chi connectivity index (χ1n) is 5.48. The second-order valence-corrected chi connectivity index (χ2v) is 3.87. The van der Waals surface area contributed by atoms with Crippen molar-refractivity contribution in [3.8, 4) is 6.07 Å². The zero-order chi connectivity index (χ0) is 13.8. The molecule has 0 atom stereocenters. The maximum atomic E-state index is 13.6. The first kappa shape index (κ1) is 13.0. The SMILES string of the molecule is N#Cc1cc(F)c(NCc2ccccc2F)c(F)c1. The van der Waals surface area contributed by atoms with Gasteiger partial charge in [-0.2, -0.15) is 5.26 Å². The molecule has 0 amide bonds. The number of benzene rings is 2. The first-order chi connectivity index (χ1) is 9.11. The van der Waals surface area contributed by atoms with E-state index in [0.717, 1.165) is 12.1 Å². The quantitative estimate of drug-likeness (QED) is 0.917. The minimum Gasteiger partial charge on any atom is -0.376 e. The molecule has 0 fully saturated rings. The molecule has 0 saturated heterocycles. The van der Waals surface area contributed by atoms with Gasteiger partial charge in [-0.3, -0.25) is 0 Å². The summed E-state index contributed by atoms with van der Waals surface area (Å²) in [6, 6.07) is 9.44. The van der Waals surface area contributed by atoms with Crippen LogP contribution in [0.1, 0.15) is 11.1 Å². The molecule has 2 rings (SSSR count). The van der Waals surface area contributed by atoms with Crippen molar-refractivity contribution in [1.29, 1.82) is 5.26 Å². The fraction of sp³-hybridized carbons (Fsp3) is 0.0714. The third-order valence-electron chi connectivity index (χ3n) is 2.58. The van der Waals surface area contributed by atoms with Gasteiger partial charge in [-0.15, -0.1) is 0 Å². The van der Waals surface area contributed by atoms with Gasteiger partial charge in [0.15, 0.2) is 11.6 Å². The predicted octanol–water partition coefficient (Wildman–Crippen LogP) is 3.59. The van der Waals surface area contributed by atoms with Crippen molar-refractivity contribution in [3.05, 3.63) is 65.0 Å². The Morgan fingerprint density at radius 2 is 1.63 bits per heavy atom. The second-order valence-electron chi connectivity index (χ2n) is 3.87. The molecule has 0 unspecified atom stereocenters. The van der Waals surface area contributed by atoms with Gasteiger partial charge in [0.25, 0.3) is 0 Å². The molecule has 96 valence electrons. The molecular formula is C14H9F3N2. The monoisotopic (exact) mass is 262 g/mol. The predicted molar refractivity (Wildman–Crippen MR) is 64.8 cm³/mol. The van der Waals surface area contributed by atoms with Crippen LogP contribution in [0.15, 0.2) is 36.4 Å². The van der Waals surface area contributed by atoms with E-state index in [1.165, 1.54) is 18.2 Å². The molecule has 0 heterocycles. The van der Waals surface area contributed by atoms with Crippen molar-refractivity contribution < 1.29 is 13.2 Å². The van der Waals surface area contributed by atoms with Crippen molar-refractivity contribution in [2.24, 2.45) is 0 Å². The Labute approximate surface area is 108 Å². The molecule has 0 aromatic heterocycles. The van der Waals surface area contributed by atoms with Gasteiger partial charge < -0.3 is 5.32 Å². The summed E-state index contributed by atoms with van der Waals surface area (Å²) < 4.78 is 40.4. The van der Waals surface area contributed by atoms with E-state index >= 15 is 0 Å². The van der Waals surface area contributed by atoms with E-state index in [2.05, 4.69) is 5.32 Å². The van der Waals surface area contributed by atoms with Gasteiger partial charge in [0.2, 0.25) is 0 Å². The van der Waals surface area contributed by atoms with Crippen LogP contribution in [0, 0.1) is 28.8 Å². The lowest BCUT2D eigenvalue weighted by Crippen LogP contribution is -2.05. The normalized spacial score (nSPS) is 10.0. The maximum absolute atomic E-state index is 13.6. The molecule has 2 nitrogen and oxygen atoms in total. The van der Waals surface area contributed by atoms with Crippen molar-refractivity contribution in [3.63, 3.8) is 0 Å². The van der Waals surface area contributed by atoms with Crippen molar-refractivity contribution in [2.45, 2.75) is 6.54 Å². The van der Waals surface area contributed by atoms with Crippen LogP contribution >= 0.6 is 0 Å². The van der Waals surface area contributed by atoms with Crippen LogP contribution in [0.25, 0.3) is 0 Å². The van der Waals surface area contributed by atoms with E-state index in [0.29, 0.717) is 5.56 Å². The molecule has 2 aromatic carbocycles. The summed E-state index contributed by atoms with van der Waals surface area (Å²) in [5.74, 6) is -2.22. The van der Waals surface area contributed by atoms with Gasteiger partial charge in [-0.1, -0.05) is 18.2 Å². The summed E-state index contributed by atoms with van der Waals surface area (Å²) in [6.45, 7) is -0.0492. The van der Waals surface area contributed by atoms with Gasteiger partial charge in [-0.05, 0) is 18.2 Å². The van der Waals surface area contributed by atoms with Crippen LogP contribution in [-0.2, 0) is 6.54 Å². The van der Waals surface area contributed by atoms with E-state index in [1.807, 2.05) is 0 Å². The summed E-state index contributed by atoms with van der Waals surface area (Å²) in [7, 11) is 0. The molecule has 1 N–H and O–H groups in total. The fourth-order valence-electron chi connectivity index (χ4n) is 1.63. The molecule has 0 spiro atoms. The Hall–Kier alpha value is -2.48. The average molecular weight is 262 g/mol. The molecule has 5 heteroatoms. The number of anilines is 1. The van der Waals surface area contributed by atoms with Crippen LogP contribution < -0.4 is 5.32 Å². The largest absolute Gasteiger partial charge is 0.376 e. The van der Waals surface area contributed by atoms with E-state index in [4.69, 9.17) is 5.26 Å². The lowest BCUT2D eigenvalue weighted by atomic mass is 10.1.